The summed E-state index contributed by atoms with van der Waals surface area (Å²) < 4.78 is 10.5. The van der Waals surface area contributed by atoms with Crippen molar-refractivity contribution in [2.24, 2.45) is 11.5 Å². The predicted octanol–water partition coefficient (Wildman–Crippen LogP) is 1.04. The van der Waals surface area contributed by atoms with Crippen LogP contribution < -0.4 is 16.4 Å². The summed E-state index contributed by atoms with van der Waals surface area (Å²) in [6.07, 6.45) is 1.02. The third-order valence-corrected chi connectivity index (χ3v) is 5.48. The Bertz CT molecular complexity index is 759. The first-order valence-corrected chi connectivity index (χ1v) is 9.89. The van der Waals surface area contributed by atoms with Gasteiger partial charge in [-0.3, -0.25) is 20.0 Å². The van der Waals surface area contributed by atoms with E-state index in [9.17, 15) is 9.59 Å². The Labute approximate surface area is 170 Å². The fourth-order valence-electron chi connectivity index (χ4n) is 3.79. The predicted molar refractivity (Wildman–Crippen MR) is 109 cm³/mol. The van der Waals surface area contributed by atoms with Crippen LogP contribution in [-0.4, -0.2) is 67.2 Å². The van der Waals surface area contributed by atoms with Gasteiger partial charge in [-0.2, -0.15) is 0 Å². The molecule has 1 amide bonds. The first-order chi connectivity index (χ1) is 13.8. The quantitative estimate of drug-likeness (QED) is 0.352. The topological polar surface area (TPSA) is 135 Å². The molecule has 1 aromatic rings. The average molecular weight is 403 g/mol. The largest absolute Gasteiger partial charge is 0.466 e. The third-order valence-electron chi connectivity index (χ3n) is 5.48. The van der Waals surface area contributed by atoms with E-state index in [0.29, 0.717) is 38.1 Å². The molecule has 1 aromatic carbocycles. The van der Waals surface area contributed by atoms with Crippen LogP contribution in [0.5, 0.6) is 0 Å². The lowest BCUT2D eigenvalue weighted by atomic mass is 9.85. The number of cyclic esters (lactones) is 1. The zero-order chi connectivity index (χ0) is 21.0. The van der Waals surface area contributed by atoms with Crippen molar-refractivity contribution in [3.63, 3.8) is 0 Å². The van der Waals surface area contributed by atoms with Crippen molar-refractivity contribution in [3.05, 3.63) is 29.8 Å². The SMILES string of the molecule is CCOC(=O)CC1(N)CCN(CC2CN(c3ccc(C(=N)N)cc3)C(=O)O2)CC1. The van der Waals surface area contributed by atoms with Gasteiger partial charge in [-0.25, -0.2) is 4.79 Å². The lowest BCUT2D eigenvalue weighted by Gasteiger charge is -2.39. The van der Waals surface area contributed by atoms with E-state index in [1.165, 1.54) is 0 Å². The van der Waals surface area contributed by atoms with Crippen LogP contribution >= 0.6 is 0 Å². The third kappa shape index (κ3) is 5.24. The molecule has 2 heterocycles. The van der Waals surface area contributed by atoms with Crippen molar-refractivity contribution in [2.45, 2.75) is 37.8 Å². The molecule has 2 aliphatic rings. The van der Waals surface area contributed by atoms with E-state index in [2.05, 4.69) is 4.90 Å². The number of hydrogen-bond donors (Lipinski definition) is 3. The van der Waals surface area contributed by atoms with Crippen molar-refractivity contribution >= 4 is 23.6 Å². The average Bonchev–Trinajstić information content (AvgIpc) is 3.04. The second-order valence-corrected chi connectivity index (χ2v) is 7.72. The van der Waals surface area contributed by atoms with Gasteiger partial charge in [-0.05, 0) is 44.0 Å². The number of nitrogens with zero attached hydrogens (tertiary/aromatic N) is 2. The summed E-state index contributed by atoms with van der Waals surface area (Å²) >= 11 is 0. The summed E-state index contributed by atoms with van der Waals surface area (Å²) in [5.41, 5.74) is 12.6. The molecule has 29 heavy (non-hydrogen) atoms. The van der Waals surface area contributed by atoms with Crippen molar-refractivity contribution in [1.82, 2.24) is 4.90 Å². The highest BCUT2D eigenvalue weighted by Crippen LogP contribution is 2.26. The molecule has 0 radical (unpaired) electrons. The second kappa shape index (κ2) is 8.79. The molecule has 9 nitrogen and oxygen atoms in total. The number of rotatable bonds is 7. The fourth-order valence-corrected chi connectivity index (χ4v) is 3.79. The minimum absolute atomic E-state index is 0.0116. The molecule has 2 fully saturated rings. The number of nitrogens with two attached hydrogens (primary N) is 2. The van der Waals surface area contributed by atoms with Gasteiger partial charge in [0, 0.05) is 36.4 Å². The van der Waals surface area contributed by atoms with Gasteiger partial charge >= 0.3 is 12.1 Å². The number of amides is 1. The summed E-state index contributed by atoms with van der Waals surface area (Å²) in [6.45, 7) is 4.73. The maximum atomic E-state index is 12.3. The second-order valence-electron chi connectivity index (χ2n) is 7.72. The Morgan fingerprint density at radius 3 is 2.55 bits per heavy atom. The summed E-state index contributed by atoms with van der Waals surface area (Å²) in [7, 11) is 0. The van der Waals surface area contributed by atoms with Gasteiger partial charge in [0.15, 0.2) is 0 Å². The molecule has 2 aliphatic heterocycles. The first-order valence-electron chi connectivity index (χ1n) is 9.89. The molecule has 0 spiro atoms. The van der Waals surface area contributed by atoms with Crippen molar-refractivity contribution < 1.29 is 19.1 Å². The van der Waals surface area contributed by atoms with Gasteiger partial charge in [-0.1, -0.05) is 0 Å². The van der Waals surface area contributed by atoms with Gasteiger partial charge in [-0.15, -0.1) is 0 Å². The molecular formula is C20H29N5O4. The molecule has 0 aliphatic carbocycles. The number of hydrogen-bond acceptors (Lipinski definition) is 7. The summed E-state index contributed by atoms with van der Waals surface area (Å²) in [5, 5.41) is 7.45. The molecule has 1 atom stereocenters. The minimum atomic E-state index is -0.528. The van der Waals surface area contributed by atoms with Crippen LogP contribution in [0.15, 0.2) is 24.3 Å². The Kier molecular flexibility index (Phi) is 6.39. The molecule has 158 valence electrons. The van der Waals surface area contributed by atoms with Crippen LogP contribution in [0.1, 0.15) is 31.7 Å². The molecule has 0 bridgehead atoms. The van der Waals surface area contributed by atoms with Crippen LogP contribution in [0, 0.1) is 5.41 Å². The number of amidine groups is 1. The van der Waals surface area contributed by atoms with Gasteiger partial charge in [0.2, 0.25) is 0 Å². The molecule has 0 saturated carbocycles. The van der Waals surface area contributed by atoms with E-state index >= 15 is 0 Å². The molecule has 3 rings (SSSR count). The van der Waals surface area contributed by atoms with E-state index in [4.69, 9.17) is 26.4 Å². The Morgan fingerprint density at radius 2 is 1.97 bits per heavy atom. The molecule has 5 N–H and O–H groups in total. The van der Waals surface area contributed by atoms with E-state index in [0.717, 1.165) is 18.8 Å². The zero-order valence-corrected chi connectivity index (χ0v) is 16.7. The number of ether oxygens (including phenoxy) is 2. The number of piperidine rings is 1. The number of nitrogen functional groups attached to an aromatic ring is 1. The maximum absolute atomic E-state index is 12.3. The molecule has 1 unspecified atom stereocenters. The highest BCUT2D eigenvalue weighted by molar-refractivity contribution is 5.96. The smallest absolute Gasteiger partial charge is 0.414 e. The Hall–Kier alpha value is -2.65. The highest BCUT2D eigenvalue weighted by Gasteiger charge is 2.37. The van der Waals surface area contributed by atoms with Crippen molar-refractivity contribution in [2.75, 3.05) is 37.7 Å². The lowest BCUT2D eigenvalue weighted by molar-refractivity contribution is -0.145. The van der Waals surface area contributed by atoms with Gasteiger partial charge in [0.1, 0.15) is 11.9 Å². The van der Waals surface area contributed by atoms with Gasteiger partial charge in [0.25, 0.3) is 0 Å². The van der Waals surface area contributed by atoms with E-state index in [1.54, 1.807) is 36.1 Å². The number of benzene rings is 1. The van der Waals surface area contributed by atoms with Crippen LogP contribution in [0.2, 0.25) is 0 Å². The monoisotopic (exact) mass is 403 g/mol. The van der Waals surface area contributed by atoms with Crippen molar-refractivity contribution in [3.8, 4) is 0 Å². The first kappa shape index (κ1) is 21.1. The Morgan fingerprint density at radius 1 is 1.31 bits per heavy atom. The number of nitrogens with one attached hydrogen (secondary N) is 1. The van der Waals surface area contributed by atoms with Crippen LogP contribution in [-0.2, 0) is 14.3 Å². The fraction of sp³-hybridized carbons (Fsp3) is 0.550. The van der Waals surface area contributed by atoms with Gasteiger partial charge in [0.05, 0.1) is 19.6 Å². The molecule has 0 aromatic heterocycles. The van der Waals surface area contributed by atoms with Crippen LogP contribution in [0.3, 0.4) is 0 Å². The number of anilines is 1. The highest BCUT2D eigenvalue weighted by atomic mass is 16.6. The van der Waals surface area contributed by atoms with Crippen LogP contribution in [0.25, 0.3) is 0 Å². The zero-order valence-electron chi connectivity index (χ0n) is 16.7. The molecular weight excluding hydrogens is 374 g/mol. The Balaban J connectivity index is 1.50. The number of esters is 1. The van der Waals surface area contributed by atoms with E-state index in [1.807, 2.05) is 0 Å². The standard InChI is InChI=1S/C20H29N5O4/c1-2-28-17(26)11-20(23)7-9-24(10-8-20)12-16-13-25(19(27)29-16)15-5-3-14(4-6-15)18(21)22/h3-6,16H,2,7-13,23H2,1H3,(H3,21,22). The van der Waals surface area contributed by atoms with E-state index in [-0.39, 0.29) is 30.4 Å². The van der Waals surface area contributed by atoms with Crippen molar-refractivity contribution in [1.29, 1.82) is 5.41 Å². The minimum Gasteiger partial charge on any atom is -0.466 e. The van der Waals surface area contributed by atoms with Gasteiger partial charge < -0.3 is 20.9 Å². The summed E-state index contributed by atoms with van der Waals surface area (Å²) in [4.78, 5) is 27.8. The van der Waals surface area contributed by atoms with Crippen LogP contribution in [0.4, 0.5) is 10.5 Å². The summed E-state index contributed by atoms with van der Waals surface area (Å²) in [5.74, 6) is -0.262. The number of likely N-dealkylation sites (tertiary alicyclic amines) is 1. The summed E-state index contributed by atoms with van der Waals surface area (Å²) in [6, 6.07) is 6.96. The molecule has 9 heteroatoms. The lowest BCUT2D eigenvalue weighted by Crippen LogP contribution is -2.53. The molecule has 2 saturated heterocycles. The normalized spacial score (nSPS) is 21.7. The maximum Gasteiger partial charge on any atom is 0.414 e. The van der Waals surface area contributed by atoms with E-state index < -0.39 is 5.54 Å². The number of carbonyl (C=O) groups is 2. The number of carbonyl (C=O) groups excluding carboxylic acids is 2.